The van der Waals surface area contributed by atoms with E-state index in [4.69, 9.17) is 5.11 Å². The average Bonchev–Trinajstić information content (AvgIpc) is 2.91. The highest BCUT2D eigenvalue weighted by Crippen LogP contribution is 2.17. The number of carbonyl (C=O) groups excluding carboxylic acids is 1. The maximum Gasteiger partial charge on any atom is 0.226 e. The molecule has 0 bridgehead atoms. The van der Waals surface area contributed by atoms with Gasteiger partial charge in [-0.1, -0.05) is 53.5 Å². The zero-order valence-electron chi connectivity index (χ0n) is 10.8. The average molecular weight is 286 g/mol. The summed E-state index contributed by atoms with van der Waals surface area (Å²) in [5.74, 6) is 5.23. The number of carbonyl (C=O) groups is 1. The molecule has 102 valence electrons. The van der Waals surface area contributed by atoms with Gasteiger partial charge < -0.3 is 10.4 Å². The number of benzene rings is 1. The van der Waals surface area contributed by atoms with E-state index in [9.17, 15) is 4.79 Å². The fourth-order valence-corrected chi connectivity index (χ4v) is 2.31. The van der Waals surface area contributed by atoms with Gasteiger partial charge in [0.05, 0.1) is 11.1 Å². The Morgan fingerprint density at radius 2 is 2.15 bits per heavy atom. The molecule has 0 aliphatic carbocycles. The van der Waals surface area contributed by atoms with Crippen molar-refractivity contribution in [1.29, 1.82) is 0 Å². The summed E-state index contributed by atoms with van der Waals surface area (Å²) in [6.45, 7) is -0.184. The van der Waals surface area contributed by atoms with Crippen molar-refractivity contribution in [3.8, 4) is 11.8 Å². The van der Waals surface area contributed by atoms with Gasteiger partial charge in [-0.3, -0.25) is 4.79 Å². The van der Waals surface area contributed by atoms with Gasteiger partial charge in [-0.2, -0.15) is 0 Å². The Labute approximate surface area is 121 Å². The van der Waals surface area contributed by atoms with Gasteiger partial charge in [0, 0.05) is 6.42 Å². The maximum absolute atomic E-state index is 11.8. The molecule has 2 N–H and O–H groups in total. The number of aliphatic hydroxyl groups excluding tert-OH is 1. The molecule has 0 atom stereocenters. The minimum Gasteiger partial charge on any atom is -0.384 e. The number of rotatable bonds is 4. The predicted octanol–water partition coefficient (Wildman–Crippen LogP) is 2.06. The molecule has 0 saturated carbocycles. The van der Waals surface area contributed by atoms with E-state index in [1.807, 2.05) is 30.3 Å². The number of hydrogen-bond acceptors (Lipinski definition) is 4. The maximum atomic E-state index is 11.8. The number of thiazole rings is 1. The van der Waals surface area contributed by atoms with Crippen molar-refractivity contribution in [1.82, 2.24) is 4.98 Å². The van der Waals surface area contributed by atoms with Crippen LogP contribution in [0.1, 0.15) is 16.9 Å². The topological polar surface area (TPSA) is 62.2 Å². The van der Waals surface area contributed by atoms with Crippen LogP contribution in [0.15, 0.2) is 36.5 Å². The van der Waals surface area contributed by atoms with Crippen LogP contribution in [0.5, 0.6) is 0 Å². The Morgan fingerprint density at radius 3 is 2.90 bits per heavy atom. The lowest BCUT2D eigenvalue weighted by atomic mass is 10.1. The van der Waals surface area contributed by atoms with Crippen molar-refractivity contribution in [2.24, 2.45) is 0 Å². The zero-order chi connectivity index (χ0) is 14.2. The Morgan fingerprint density at radius 1 is 1.35 bits per heavy atom. The molecule has 0 fully saturated rings. The first-order chi connectivity index (χ1) is 9.78. The lowest BCUT2D eigenvalue weighted by Gasteiger charge is -2.01. The second kappa shape index (κ2) is 7.43. The Kier molecular flexibility index (Phi) is 5.30. The van der Waals surface area contributed by atoms with E-state index in [1.54, 1.807) is 6.20 Å². The minimum absolute atomic E-state index is 0.0649. The number of nitrogens with zero attached hydrogens (tertiary/aromatic N) is 1. The van der Waals surface area contributed by atoms with E-state index < -0.39 is 0 Å². The van der Waals surface area contributed by atoms with Gasteiger partial charge in [0.15, 0.2) is 5.13 Å². The van der Waals surface area contributed by atoms with E-state index >= 15 is 0 Å². The van der Waals surface area contributed by atoms with Crippen molar-refractivity contribution >= 4 is 22.4 Å². The molecule has 0 spiro atoms. The summed E-state index contributed by atoms with van der Waals surface area (Å²) in [6.07, 6.45) is 2.70. The number of aryl methyl sites for hydroxylation is 1. The van der Waals surface area contributed by atoms with Crippen molar-refractivity contribution in [3.63, 3.8) is 0 Å². The number of aromatic nitrogens is 1. The molecule has 5 heteroatoms. The second-order valence-electron chi connectivity index (χ2n) is 4.02. The lowest BCUT2D eigenvalue weighted by molar-refractivity contribution is -0.116. The first-order valence-electron chi connectivity index (χ1n) is 6.17. The second-order valence-corrected chi connectivity index (χ2v) is 5.05. The zero-order valence-corrected chi connectivity index (χ0v) is 11.6. The van der Waals surface area contributed by atoms with Crippen LogP contribution >= 0.6 is 11.3 Å². The predicted molar refractivity (Wildman–Crippen MR) is 79.5 cm³/mol. The molecule has 0 saturated heterocycles. The van der Waals surface area contributed by atoms with Gasteiger partial charge in [0.25, 0.3) is 0 Å². The van der Waals surface area contributed by atoms with E-state index in [0.29, 0.717) is 18.0 Å². The van der Waals surface area contributed by atoms with Crippen LogP contribution in [0.25, 0.3) is 0 Å². The standard InChI is InChI=1S/C15H14N2O2S/c18-10-4-7-13-11-16-15(20-13)17-14(19)9-8-12-5-2-1-3-6-12/h1-3,5-6,11,18H,8-10H2,(H,16,17,19). The molecule has 2 aromatic rings. The molecule has 0 radical (unpaired) electrons. The lowest BCUT2D eigenvalue weighted by Crippen LogP contribution is -2.11. The fraction of sp³-hybridized carbons (Fsp3) is 0.200. The molecular weight excluding hydrogens is 272 g/mol. The van der Waals surface area contributed by atoms with Gasteiger partial charge in [0.2, 0.25) is 5.91 Å². The number of hydrogen-bond donors (Lipinski definition) is 2. The third-order valence-corrected chi connectivity index (χ3v) is 3.35. The SMILES string of the molecule is O=C(CCc1ccccc1)Nc1ncc(C#CCO)s1. The molecule has 1 aromatic carbocycles. The molecule has 1 aromatic heterocycles. The van der Waals surface area contributed by atoms with Crippen LogP contribution in [0.3, 0.4) is 0 Å². The highest BCUT2D eigenvalue weighted by Gasteiger charge is 2.06. The third kappa shape index (κ3) is 4.50. The van der Waals surface area contributed by atoms with E-state index in [1.165, 1.54) is 11.3 Å². The molecule has 0 unspecified atom stereocenters. The van der Waals surface area contributed by atoms with Gasteiger partial charge in [-0.15, -0.1) is 0 Å². The monoisotopic (exact) mass is 286 g/mol. The summed E-state index contributed by atoms with van der Waals surface area (Å²) < 4.78 is 0. The molecule has 1 amide bonds. The third-order valence-electron chi connectivity index (χ3n) is 2.53. The van der Waals surface area contributed by atoms with Crippen molar-refractivity contribution in [2.75, 3.05) is 11.9 Å². The van der Waals surface area contributed by atoms with Crippen LogP contribution < -0.4 is 5.32 Å². The summed E-state index contributed by atoms with van der Waals surface area (Å²) in [5.41, 5.74) is 1.14. The quantitative estimate of drug-likeness (QED) is 0.846. The highest BCUT2D eigenvalue weighted by atomic mass is 32.1. The minimum atomic E-state index is -0.184. The van der Waals surface area contributed by atoms with Crippen molar-refractivity contribution < 1.29 is 9.90 Å². The number of anilines is 1. The number of amides is 1. The molecule has 2 rings (SSSR count). The number of aliphatic hydroxyl groups is 1. The molecule has 0 aliphatic heterocycles. The summed E-state index contributed by atoms with van der Waals surface area (Å²) in [4.78, 5) is 16.6. The Hall–Kier alpha value is -2.16. The summed E-state index contributed by atoms with van der Waals surface area (Å²) in [5, 5.41) is 11.9. The van der Waals surface area contributed by atoms with Gasteiger partial charge in [-0.05, 0) is 12.0 Å². The molecule has 20 heavy (non-hydrogen) atoms. The Balaban J connectivity index is 1.84. The van der Waals surface area contributed by atoms with Crippen molar-refractivity contribution in [2.45, 2.75) is 12.8 Å². The van der Waals surface area contributed by atoms with Crippen molar-refractivity contribution in [3.05, 3.63) is 47.0 Å². The van der Waals surface area contributed by atoms with Crippen LogP contribution in [0, 0.1) is 11.8 Å². The molecule has 0 aliphatic rings. The molecule has 1 heterocycles. The largest absolute Gasteiger partial charge is 0.384 e. The van der Waals surface area contributed by atoms with Crippen LogP contribution in [0.2, 0.25) is 0 Å². The van der Waals surface area contributed by atoms with Gasteiger partial charge in [-0.25, -0.2) is 4.98 Å². The Bertz CT molecular complexity index is 626. The van der Waals surface area contributed by atoms with E-state index in [0.717, 1.165) is 10.4 Å². The first kappa shape index (κ1) is 14.3. The van der Waals surface area contributed by atoms with Gasteiger partial charge >= 0.3 is 0 Å². The normalized spacial score (nSPS) is 9.65. The van der Waals surface area contributed by atoms with Gasteiger partial charge in [0.1, 0.15) is 6.61 Å². The van der Waals surface area contributed by atoms with Crippen LogP contribution in [-0.2, 0) is 11.2 Å². The smallest absolute Gasteiger partial charge is 0.226 e. The molecular formula is C15H14N2O2S. The summed E-state index contributed by atoms with van der Waals surface area (Å²) in [7, 11) is 0. The van der Waals surface area contributed by atoms with Crippen LogP contribution in [0.4, 0.5) is 5.13 Å². The first-order valence-corrected chi connectivity index (χ1v) is 6.99. The van der Waals surface area contributed by atoms with Crippen LogP contribution in [-0.4, -0.2) is 22.6 Å². The number of nitrogens with one attached hydrogen (secondary N) is 1. The highest BCUT2D eigenvalue weighted by molar-refractivity contribution is 7.16. The summed E-state index contributed by atoms with van der Waals surface area (Å²) >= 11 is 1.30. The fourth-order valence-electron chi connectivity index (χ4n) is 1.60. The summed E-state index contributed by atoms with van der Waals surface area (Å²) in [6, 6.07) is 9.87. The van der Waals surface area contributed by atoms with E-state index in [2.05, 4.69) is 22.1 Å². The van der Waals surface area contributed by atoms with E-state index in [-0.39, 0.29) is 12.5 Å². The molecule has 4 nitrogen and oxygen atoms in total.